The van der Waals surface area contributed by atoms with Gasteiger partial charge in [-0.05, 0) is 25.8 Å². The van der Waals surface area contributed by atoms with Crippen LogP contribution in [0.5, 0.6) is 0 Å². The Labute approximate surface area is 66.6 Å². The van der Waals surface area contributed by atoms with Gasteiger partial charge in [-0.25, -0.2) is 0 Å². The Kier molecular flexibility index (Phi) is 5.78. The molecule has 0 spiro atoms. The third-order valence-corrected chi connectivity index (χ3v) is 1.50. The zero-order chi connectivity index (χ0) is 8.69. The van der Waals surface area contributed by atoms with Gasteiger partial charge in [-0.15, -0.1) is 0 Å². The van der Waals surface area contributed by atoms with Gasteiger partial charge in [0.05, 0.1) is 0 Å². The fourth-order valence-electron chi connectivity index (χ4n) is 0.874. The number of hydrogen-bond donors (Lipinski definition) is 3. The first-order valence-electron chi connectivity index (χ1n) is 3.84. The Bertz CT molecular complexity index is 117. The third kappa shape index (κ3) is 7.29. The molecular weight excluding hydrogens is 144 g/mol. The van der Waals surface area contributed by atoms with Crippen LogP contribution in [0.1, 0.15) is 25.7 Å². The molecule has 0 amide bonds. The maximum absolute atomic E-state index is 10.1. The van der Waals surface area contributed by atoms with E-state index < -0.39 is 5.97 Å². The highest BCUT2D eigenvalue weighted by Crippen LogP contribution is 2.00. The van der Waals surface area contributed by atoms with Gasteiger partial charge in [0.2, 0.25) is 0 Å². The van der Waals surface area contributed by atoms with Crippen LogP contribution in [0.15, 0.2) is 0 Å². The van der Waals surface area contributed by atoms with Crippen molar-refractivity contribution in [2.24, 2.45) is 11.5 Å². The molecule has 0 radical (unpaired) electrons. The summed E-state index contributed by atoms with van der Waals surface area (Å²) in [6.45, 7) is 0.578. The monoisotopic (exact) mass is 160 g/mol. The Morgan fingerprint density at radius 3 is 2.55 bits per heavy atom. The minimum absolute atomic E-state index is 0.0688. The van der Waals surface area contributed by atoms with Crippen LogP contribution in [-0.2, 0) is 4.79 Å². The van der Waals surface area contributed by atoms with Gasteiger partial charge in [0.15, 0.2) is 0 Å². The van der Waals surface area contributed by atoms with Crippen LogP contribution < -0.4 is 11.5 Å². The van der Waals surface area contributed by atoms with Crippen LogP contribution in [0.2, 0.25) is 0 Å². The number of carboxylic acids is 1. The van der Waals surface area contributed by atoms with E-state index in [0.29, 0.717) is 13.0 Å². The second kappa shape index (κ2) is 6.12. The number of nitrogens with two attached hydrogens (primary N) is 2. The molecule has 4 heteroatoms. The number of carboxylic acid groups (broad SMARTS) is 1. The average molecular weight is 160 g/mol. The molecule has 5 N–H and O–H groups in total. The smallest absolute Gasteiger partial charge is 0.303 e. The lowest BCUT2D eigenvalue weighted by molar-refractivity contribution is -0.137. The minimum Gasteiger partial charge on any atom is -0.481 e. The fraction of sp³-hybridized carbons (Fsp3) is 0.857. The van der Waals surface area contributed by atoms with E-state index in [-0.39, 0.29) is 12.5 Å². The van der Waals surface area contributed by atoms with Gasteiger partial charge in [0.25, 0.3) is 0 Å². The van der Waals surface area contributed by atoms with Crippen LogP contribution in [-0.4, -0.2) is 23.7 Å². The standard InChI is InChI=1S/C7H16N2O2/c8-5-4-6(9)2-1-3-7(10)11/h6H,1-5,8-9H2,(H,10,11). The van der Waals surface area contributed by atoms with Crippen molar-refractivity contribution in [3.8, 4) is 0 Å². The highest BCUT2D eigenvalue weighted by molar-refractivity contribution is 5.66. The first-order chi connectivity index (χ1) is 5.16. The molecule has 0 aliphatic heterocycles. The lowest BCUT2D eigenvalue weighted by Crippen LogP contribution is -2.23. The number of hydrogen-bond acceptors (Lipinski definition) is 3. The maximum atomic E-state index is 10.1. The van der Waals surface area contributed by atoms with Gasteiger partial charge >= 0.3 is 5.97 Å². The molecule has 0 aromatic rings. The minimum atomic E-state index is -0.759. The van der Waals surface area contributed by atoms with E-state index in [1.807, 2.05) is 0 Å². The molecule has 0 aromatic carbocycles. The van der Waals surface area contributed by atoms with Crippen molar-refractivity contribution in [3.63, 3.8) is 0 Å². The van der Waals surface area contributed by atoms with Crippen LogP contribution >= 0.6 is 0 Å². The van der Waals surface area contributed by atoms with Crippen molar-refractivity contribution in [3.05, 3.63) is 0 Å². The summed E-state index contributed by atoms with van der Waals surface area (Å²) < 4.78 is 0. The summed E-state index contributed by atoms with van der Waals surface area (Å²) in [6, 6.07) is 0.0688. The van der Waals surface area contributed by atoms with E-state index in [9.17, 15) is 4.79 Å². The second-order valence-corrected chi connectivity index (χ2v) is 2.62. The number of aliphatic carboxylic acids is 1. The average Bonchev–Trinajstić information content (AvgIpc) is 1.87. The van der Waals surface area contributed by atoms with E-state index in [1.165, 1.54) is 0 Å². The molecule has 0 saturated heterocycles. The molecule has 0 rings (SSSR count). The van der Waals surface area contributed by atoms with E-state index in [2.05, 4.69) is 0 Å². The lowest BCUT2D eigenvalue weighted by Gasteiger charge is -2.07. The van der Waals surface area contributed by atoms with E-state index in [1.54, 1.807) is 0 Å². The third-order valence-electron chi connectivity index (χ3n) is 1.50. The second-order valence-electron chi connectivity index (χ2n) is 2.62. The molecular formula is C7H16N2O2. The highest BCUT2D eigenvalue weighted by atomic mass is 16.4. The molecule has 0 bridgehead atoms. The SMILES string of the molecule is NCCC(N)CCCC(=O)O. The first-order valence-corrected chi connectivity index (χ1v) is 3.84. The summed E-state index contributed by atoms with van der Waals surface area (Å²) in [4.78, 5) is 10.1. The maximum Gasteiger partial charge on any atom is 0.303 e. The molecule has 0 aromatic heterocycles. The molecule has 1 atom stereocenters. The van der Waals surface area contributed by atoms with Crippen molar-refractivity contribution in [1.29, 1.82) is 0 Å². The van der Waals surface area contributed by atoms with Gasteiger partial charge in [-0.1, -0.05) is 0 Å². The molecule has 0 heterocycles. The first kappa shape index (κ1) is 10.4. The Balaban J connectivity index is 3.16. The van der Waals surface area contributed by atoms with Crippen LogP contribution in [0.3, 0.4) is 0 Å². The Morgan fingerprint density at radius 2 is 2.09 bits per heavy atom. The topological polar surface area (TPSA) is 89.3 Å². The van der Waals surface area contributed by atoms with E-state index >= 15 is 0 Å². The summed E-state index contributed by atoms with van der Waals surface area (Å²) in [5.74, 6) is -0.759. The van der Waals surface area contributed by atoms with Crippen molar-refractivity contribution in [1.82, 2.24) is 0 Å². The summed E-state index contributed by atoms with van der Waals surface area (Å²) in [5, 5.41) is 8.29. The molecule has 11 heavy (non-hydrogen) atoms. The lowest BCUT2D eigenvalue weighted by atomic mass is 10.1. The molecule has 0 fully saturated rings. The normalized spacial score (nSPS) is 12.9. The summed E-state index contributed by atoms with van der Waals surface area (Å²) in [5.41, 5.74) is 10.9. The Morgan fingerprint density at radius 1 is 1.45 bits per heavy atom. The summed E-state index contributed by atoms with van der Waals surface area (Å²) in [7, 11) is 0. The zero-order valence-corrected chi connectivity index (χ0v) is 6.62. The molecule has 0 aliphatic carbocycles. The van der Waals surface area contributed by atoms with Gasteiger partial charge < -0.3 is 16.6 Å². The summed E-state index contributed by atoms with van der Waals surface area (Å²) in [6.07, 6.45) is 2.39. The predicted molar refractivity (Wildman–Crippen MR) is 43.1 cm³/mol. The highest BCUT2D eigenvalue weighted by Gasteiger charge is 2.02. The van der Waals surface area contributed by atoms with Gasteiger partial charge in [0, 0.05) is 12.5 Å². The number of carbonyl (C=O) groups is 1. The van der Waals surface area contributed by atoms with Gasteiger partial charge in [0.1, 0.15) is 0 Å². The van der Waals surface area contributed by atoms with E-state index in [4.69, 9.17) is 16.6 Å². The zero-order valence-electron chi connectivity index (χ0n) is 6.62. The molecule has 0 saturated carbocycles. The molecule has 0 aliphatic rings. The van der Waals surface area contributed by atoms with Crippen LogP contribution in [0.4, 0.5) is 0 Å². The molecule has 66 valence electrons. The van der Waals surface area contributed by atoms with Crippen molar-refractivity contribution >= 4 is 5.97 Å². The fourth-order valence-corrected chi connectivity index (χ4v) is 0.874. The van der Waals surface area contributed by atoms with Crippen LogP contribution in [0.25, 0.3) is 0 Å². The summed E-state index contributed by atoms with van der Waals surface area (Å²) >= 11 is 0. The van der Waals surface area contributed by atoms with Crippen molar-refractivity contribution < 1.29 is 9.90 Å². The Hall–Kier alpha value is -0.610. The van der Waals surface area contributed by atoms with Gasteiger partial charge in [-0.2, -0.15) is 0 Å². The molecule has 1 unspecified atom stereocenters. The largest absolute Gasteiger partial charge is 0.481 e. The molecule has 4 nitrogen and oxygen atoms in total. The van der Waals surface area contributed by atoms with Gasteiger partial charge in [-0.3, -0.25) is 4.79 Å². The predicted octanol–water partition coefficient (Wildman–Crippen LogP) is -0.0826. The van der Waals surface area contributed by atoms with Crippen LogP contribution in [0, 0.1) is 0 Å². The van der Waals surface area contributed by atoms with E-state index in [0.717, 1.165) is 12.8 Å². The number of rotatable bonds is 6. The van der Waals surface area contributed by atoms with Crippen molar-refractivity contribution in [2.45, 2.75) is 31.7 Å². The van der Waals surface area contributed by atoms with Crippen molar-refractivity contribution in [2.75, 3.05) is 6.54 Å². The quantitative estimate of drug-likeness (QED) is 0.507.